The maximum Gasteiger partial charge on any atom is 0.247 e. The summed E-state index contributed by atoms with van der Waals surface area (Å²) in [5.41, 5.74) is 4.78. The number of aryl methyl sites for hydroxylation is 1. The van der Waals surface area contributed by atoms with Crippen molar-refractivity contribution in [2.45, 2.75) is 33.2 Å². The lowest BCUT2D eigenvalue weighted by Gasteiger charge is -2.20. The predicted octanol–water partition coefficient (Wildman–Crippen LogP) is 3.27. The Bertz CT molecular complexity index is 869. The second-order valence-electron chi connectivity index (χ2n) is 6.69. The van der Waals surface area contributed by atoms with Gasteiger partial charge in [-0.2, -0.15) is 5.10 Å². The predicted molar refractivity (Wildman–Crippen MR) is 95.1 cm³/mol. The van der Waals surface area contributed by atoms with Gasteiger partial charge in [0.1, 0.15) is 0 Å². The van der Waals surface area contributed by atoms with E-state index < -0.39 is 0 Å². The van der Waals surface area contributed by atoms with E-state index in [1.54, 1.807) is 5.01 Å². The number of hydrogen-bond donors (Lipinski definition) is 0. The van der Waals surface area contributed by atoms with Crippen molar-refractivity contribution in [2.24, 2.45) is 5.10 Å². The minimum absolute atomic E-state index is 0.0124. The van der Waals surface area contributed by atoms with Gasteiger partial charge in [-0.25, -0.2) is 5.01 Å². The van der Waals surface area contributed by atoms with Crippen LogP contribution in [0.2, 0.25) is 0 Å². The molecule has 128 valence electrons. The van der Waals surface area contributed by atoms with Crippen LogP contribution >= 0.6 is 0 Å². The largest absolute Gasteiger partial charge is 0.454 e. The Morgan fingerprint density at radius 2 is 1.76 bits per heavy atom. The van der Waals surface area contributed by atoms with Gasteiger partial charge in [-0.3, -0.25) is 4.79 Å². The van der Waals surface area contributed by atoms with Crippen molar-refractivity contribution in [3.05, 3.63) is 58.7 Å². The maximum atomic E-state index is 12.7. The van der Waals surface area contributed by atoms with Gasteiger partial charge in [-0.1, -0.05) is 29.8 Å². The normalized spacial score (nSPS) is 15.9. The molecule has 4 rings (SSSR count). The van der Waals surface area contributed by atoms with Crippen LogP contribution in [0.5, 0.6) is 11.5 Å². The molecule has 2 aliphatic rings. The summed E-state index contributed by atoms with van der Waals surface area (Å²) in [6.07, 6.45) is 0.295. The van der Waals surface area contributed by atoms with Crippen LogP contribution in [-0.2, 0) is 11.2 Å². The zero-order chi connectivity index (χ0) is 17.6. The zero-order valence-corrected chi connectivity index (χ0v) is 14.6. The molecular formula is C20H20N2O3. The van der Waals surface area contributed by atoms with Gasteiger partial charge in [0.15, 0.2) is 11.5 Å². The van der Waals surface area contributed by atoms with E-state index in [4.69, 9.17) is 14.6 Å². The molecule has 0 radical (unpaired) electrons. The number of rotatable bonds is 2. The highest BCUT2D eigenvalue weighted by atomic mass is 16.7. The molecule has 0 aliphatic carbocycles. The van der Waals surface area contributed by atoms with E-state index in [9.17, 15) is 4.79 Å². The summed E-state index contributed by atoms with van der Waals surface area (Å²) in [5.74, 6) is 1.37. The molecule has 0 bridgehead atoms. The SMILES string of the molecule is Cc1ccc(C2=NN(C(C)C)C(=O)Cc3cc4c(cc32)OCO4)cc1. The third-order valence-electron chi connectivity index (χ3n) is 4.47. The lowest BCUT2D eigenvalue weighted by atomic mass is 9.95. The molecule has 0 atom stereocenters. The van der Waals surface area contributed by atoms with E-state index in [2.05, 4.69) is 19.1 Å². The van der Waals surface area contributed by atoms with E-state index in [1.165, 1.54) is 5.56 Å². The first-order valence-electron chi connectivity index (χ1n) is 8.43. The van der Waals surface area contributed by atoms with Crippen molar-refractivity contribution in [1.82, 2.24) is 5.01 Å². The highest BCUT2D eigenvalue weighted by molar-refractivity contribution is 6.15. The molecule has 2 heterocycles. The van der Waals surface area contributed by atoms with Crippen molar-refractivity contribution < 1.29 is 14.3 Å². The number of ether oxygens (including phenoxy) is 2. The second kappa shape index (κ2) is 5.92. The molecule has 0 fully saturated rings. The number of hydrogen-bond acceptors (Lipinski definition) is 4. The van der Waals surface area contributed by atoms with Crippen molar-refractivity contribution in [3.8, 4) is 11.5 Å². The fourth-order valence-electron chi connectivity index (χ4n) is 3.14. The fourth-order valence-corrected chi connectivity index (χ4v) is 3.14. The van der Waals surface area contributed by atoms with Crippen LogP contribution in [0.25, 0.3) is 0 Å². The van der Waals surface area contributed by atoms with Crippen LogP contribution in [-0.4, -0.2) is 29.5 Å². The van der Waals surface area contributed by atoms with E-state index in [-0.39, 0.29) is 18.7 Å². The number of amides is 1. The summed E-state index contributed by atoms with van der Waals surface area (Å²) >= 11 is 0. The minimum atomic E-state index is -0.0165. The first kappa shape index (κ1) is 15.7. The summed E-state index contributed by atoms with van der Waals surface area (Å²) in [6.45, 7) is 6.20. The van der Waals surface area contributed by atoms with E-state index >= 15 is 0 Å². The van der Waals surface area contributed by atoms with Crippen molar-refractivity contribution in [3.63, 3.8) is 0 Å². The molecule has 0 spiro atoms. The minimum Gasteiger partial charge on any atom is -0.454 e. The van der Waals surface area contributed by atoms with Gasteiger partial charge in [0.05, 0.1) is 12.1 Å². The van der Waals surface area contributed by atoms with Crippen molar-refractivity contribution >= 4 is 11.6 Å². The molecule has 2 aromatic rings. The molecule has 0 unspecified atom stereocenters. The van der Waals surface area contributed by atoms with Gasteiger partial charge in [-0.15, -0.1) is 0 Å². The van der Waals surface area contributed by atoms with Crippen LogP contribution in [0.1, 0.15) is 36.1 Å². The van der Waals surface area contributed by atoms with Gasteiger partial charge in [0, 0.05) is 17.2 Å². The molecule has 2 aromatic carbocycles. The number of carbonyl (C=O) groups excluding carboxylic acids is 1. The summed E-state index contributed by atoms with van der Waals surface area (Å²) < 4.78 is 11.0. The smallest absolute Gasteiger partial charge is 0.247 e. The first-order chi connectivity index (χ1) is 12.0. The first-order valence-corrected chi connectivity index (χ1v) is 8.43. The zero-order valence-electron chi connectivity index (χ0n) is 14.6. The lowest BCUT2D eigenvalue weighted by molar-refractivity contribution is -0.132. The Kier molecular flexibility index (Phi) is 3.71. The molecule has 1 amide bonds. The van der Waals surface area contributed by atoms with Gasteiger partial charge in [0.25, 0.3) is 0 Å². The van der Waals surface area contributed by atoms with E-state index in [1.807, 2.05) is 38.1 Å². The molecule has 0 saturated heterocycles. The Morgan fingerprint density at radius 3 is 2.44 bits per heavy atom. The average molecular weight is 336 g/mol. The van der Waals surface area contributed by atoms with E-state index in [0.717, 1.165) is 22.4 Å². The molecule has 0 saturated carbocycles. The highest BCUT2D eigenvalue weighted by Crippen LogP contribution is 2.37. The number of nitrogens with zero attached hydrogens (tertiary/aromatic N) is 2. The summed E-state index contributed by atoms with van der Waals surface area (Å²) in [7, 11) is 0. The van der Waals surface area contributed by atoms with Crippen LogP contribution in [0, 0.1) is 6.92 Å². The van der Waals surface area contributed by atoms with Crippen molar-refractivity contribution in [2.75, 3.05) is 6.79 Å². The molecule has 0 aromatic heterocycles. The molecule has 5 heteroatoms. The Hall–Kier alpha value is -2.82. The summed E-state index contributed by atoms with van der Waals surface area (Å²) in [5, 5.41) is 6.30. The number of benzene rings is 2. The van der Waals surface area contributed by atoms with Crippen LogP contribution in [0.4, 0.5) is 0 Å². The quantitative estimate of drug-likeness (QED) is 0.846. The maximum absolute atomic E-state index is 12.7. The molecule has 25 heavy (non-hydrogen) atoms. The molecule has 0 N–H and O–H groups in total. The lowest BCUT2D eigenvalue weighted by Crippen LogP contribution is -2.33. The highest BCUT2D eigenvalue weighted by Gasteiger charge is 2.28. The third kappa shape index (κ3) is 2.76. The van der Waals surface area contributed by atoms with E-state index in [0.29, 0.717) is 17.9 Å². The Labute approximate surface area is 146 Å². The number of fused-ring (bicyclic) bond motifs is 2. The molecule has 2 aliphatic heterocycles. The average Bonchev–Trinajstić information content (AvgIpc) is 2.97. The van der Waals surface area contributed by atoms with Crippen molar-refractivity contribution in [1.29, 1.82) is 0 Å². The van der Waals surface area contributed by atoms with Crippen LogP contribution < -0.4 is 9.47 Å². The van der Waals surface area contributed by atoms with Gasteiger partial charge in [-0.05, 0) is 38.5 Å². The summed E-state index contributed by atoms with van der Waals surface area (Å²) in [4.78, 5) is 12.7. The summed E-state index contributed by atoms with van der Waals surface area (Å²) in [6, 6.07) is 12.0. The number of hydrazone groups is 1. The topological polar surface area (TPSA) is 51.1 Å². The van der Waals surface area contributed by atoms with Crippen LogP contribution in [0.15, 0.2) is 41.5 Å². The van der Waals surface area contributed by atoms with Gasteiger partial charge >= 0.3 is 0 Å². The van der Waals surface area contributed by atoms with Gasteiger partial charge in [0.2, 0.25) is 12.7 Å². The monoisotopic (exact) mass is 336 g/mol. The third-order valence-corrected chi connectivity index (χ3v) is 4.47. The van der Waals surface area contributed by atoms with Crippen LogP contribution in [0.3, 0.4) is 0 Å². The molecule has 5 nitrogen and oxygen atoms in total. The molecular weight excluding hydrogens is 316 g/mol. The van der Waals surface area contributed by atoms with Gasteiger partial charge < -0.3 is 9.47 Å². The fraction of sp³-hybridized carbons (Fsp3) is 0.300. The number of carbonyl (C=O) groups is 1. The standard InChI is InChI=1S/C20H20N2O3/c1-12(2)22-19(23)9-15-8-17-18(25-11-24-17)10-16(15)20(21-22)14-6-4-13(3)5-7-14/h4-8,10,12H,9,11H2,1-3H3. The second-order valence-corrected chi connectivity index (χ2v) is 6.69. The Balaban J connectivity index is 1.92. The Morgan fingerprint density at radius 1 is 1.08 bits per heavy atom.